The average Bonchev–Trinajstić information content (AvgIpc) is 2.54. The van der Waals surface area contributed by atoms with E-state index in [0.29, 0.717) is 19.3 Å². The zero-order valence-electron chi connectivity index (χ0n) is 13.7. The SMILES string of the molecule is CC(=O)OC(/C=C/CCCC(=O)CCCCO)c1ccccc1. The maximum atomic E-state index is 11.6. The van der Waals surface area contributed by atoms with Gasteiger partial charge in [0.05, 0.1) is 0 Å². The normalized spacial score (nSPS) is 12.3. The molecule has 0 aromatic heterocycles. The Hall–Kier alpha value is -1.94. The Morgan fingerprint density at radius 2 is 1.83 bits per heavy atom. The lowest BCUT2D eigenvalue weighted by Crippen LogP contribution is -2.06. The van der Waals surface area contributed by atoms with Crippen LogP contribution in [0.2, 0.25) is 0 Å². The topological polar surface area (TPSA) is 63.6 Å². The zero-order chi connectivity index (χ0) is 16.9. The molecule has 1 unspecified atom stereocenters. The molecule has 0 amide bonds. The van der Waals surface area contributed by atoms with Gasteiger partial charge >= 0.3 is 5.97 Å². The second-order valence-electron chi connectivity index (χ2n) is 5.48. The van der Waals surface area contributed by atoms with Crippen molar-refractivity contribution < 1.29 is 19.4 Å². The van der Waals surface area contributed by atoms with Gasteiger partial charge in [-0.05, 0) is 37.3 Å². The van der Waals surface area contributed by atoms with Crippen LogP contribution >= 0.6 is 0 Å². The maximum absolute atomic E-state index is 11.6. The molecular formula is C19H26O4. The van der Waals surface area contributed by atoms with Crippen LogP contribution in [0.15, 0.2) is 42.5 Å². The lowest BCUT2D eigenvalue weighted by Gasteiger charge is -2.13. The summed E-state index contributed by atoms with van der Waals surface area (Å²) in [4.78, 5) is 22.8. The molecule has 0 fully saturated rings. The third-order valence-electron chi connectivity index (χ3n) is 3.42. The number of carbonyl (C=O) groups excluding carboxylic acids is 2. The van der Waals surface area contributed by atoms with Crippen LogP contribution in [0.4, 0.5) is 0 Å². The molecule has 23 heavy (non-hydrogen) atoms. The van der Waals surface area contributed by atoms with Gasteiger partial charge in [-0.25, -0.2) is 0 Å². The number of esters is 1. The molecule has 0 bridgehead atoms. The van der Waals surface area contributed by atoms with Crippen molar-refractivity contribution in [2.45, 2.75) is 51.6 Å². The first kappa shape index (κ1) is 19.1. The molecule has 1 aromatic carbocycles. The molecule has 126 valence electrons. The van der Waals surface area contributed by atoms with Crippen molar-refractivity contribution in [2.75, 3.05) is 6.61 Å². The lowest BCUT2D eigenvalue weighted by molar-refractivity contribution is -0.144. The molecule has 0 heterocycles. The van der Waals surface area contributed by atoms with Crippen LogP contribution in [0.1, 0.15) is 57.1 Å². The third kappa shape index (κ3) is 8.94. The number of ether oxygens (including phenoxy) is 1. The molecule has 1 N–H and O–H groups in total. The van der Waals surface area contributed by atoms with Crippen LogP contribution in [-0.2, 0) is 14.3 Å². The number of allylic oxidation sites excluding steroid dienone is 1. The van der Waals surface area contributed by atoms with E-state index in [1.165, 1.54) is 6.92 Å². The molecule has 0 aliphatic carbocycles. The number of aliphatic hydroxyl groups is 1. The molecular weight excluding hydrogens is 292 g/mol. The summed E-state index contributed by atoms with van der Waals surface area (Å²) in [6, 6.07) is 9.57. The highest BCUT2D eigenvalue weighted by atomic mass is 16.5. The number of Topliss-reactive ketones (excluding diaryl/α,β-unsaturated/α-hetero) is 1. The van der Waals surface area contributed by atoms with Gasteiger partial charge in [-0.2, -0.15) is 0 Å². The fourth-order valence-electron chi connectivity index (χ4n) is 2.24. The van der Waals surface area contributed by atoms with E-state index in [-0.39, 0.29) is 24.5 Å². The lowest BCUT2D eigenvalue weighted by atomic mass is 10.1. The minimum Gasteiger partial charge on any atom is -0.453 e. The summed E-state index contributed by atoms with van der Waals surface area (Å²) in [7, 11) is 0. The Morgan fingerprint density at radius 1 is 1.13 bits per heavy atom. The Bertz CT molecular complexity index is 493. The summed E-state index contributed by atoms with van der Waals surface area (Å²) < 4.78 is 5.31. The van der Waals surface area contributed by atoms with Gasteiger partial charge in [0.2, 0.25) is 0 Å². The number of unbranched alkanes of at least 4 members (excludes halogenated alkanes) is 2. The van der Waals surface area contributed by atoms with Crippen molar-refractivity contribution >= 4 is 11.8 Å². The molecule has 0 saturated carbocycles. The van der Waals surface area contributed by atoms with Gasteiger partial charge in [0.25, 0.3) is 0 Å². The first-order valence-electron chi connectivity index (χ1n) is 8.15. The summed E-state index contributed by atoms with van der Waals surface area (Å²) >= 11 is 0. The maximum Gasteiger partial charge on any atom is 0.303 e. The van der Waals surface area contributed by atoms with Gasteiger partial charge in [-0.3, -0.25) is 9.59 Å². The van der Waals surface area contributed by atoms with Crippen molar-refractivity contribution in [1.82, 2.24) is 0 Å². The highest BCUT2D eigenvalue weighted by molar-refractivity contribution is 5.78. The summed E-state index contributed by atoms with van der Waals surface area (Å²) in [6.07, 6.45) is 7.56. The van der Waals surface area contributed by atoms with Crippen LogP contribution < -0.4 is 0 Å². The Balaban J connectivity index is 2.37. The Kier molecular flexibility index (Phi) is 9.64. The molecule has 1 aromatic rings. The van der Waals surface area contributed by atoms with Crippen LogP contribution in [0.3, 0.4) is 0 Å². The minimum absolute atomic E-state index is 0.146. The molecule has 0 radical (unpaired) electrons. The van der Waals surface area contributed by atoms with Crippen molar-refractivity contribution in [3.63, 3.8) is 0 Å². The highest BCUT2D eigenvalue weighted by Gasteiger charge is 2.10. The van der Waals surface area contributed by atoms with Crippen molar-refractivity contribution in [1.29, 1.82) is 0 Å². The summed E-state index contributed by atoms with van der Waals surface area (Å²) in [5.41, 5.74) is 0.930. The number of ketones is 1. The van der Waals surface area contributed by atoms with E-state index < -0.39 is 0 Å². The predicted octanol–water partition coefficient (Wildman–Crippen LogP) is 3.75. The van der Waals surface area contributed by atoms with Crippen LogP contribution in [0.25, 0.3) is 0 Å². The van der Waals surface area contributed by atoms with E-state index in [1.54, 1.807) is 0 Å². The van der Waals surface area contributed by atoms with Crippen LogP contribution in [0.5, 0.6) is 0 Å². The average molecular weight is 318 g/mol. The van der Waals surface area contributed by atoms with Crippen molar-refractivity contribution in [3.05, 3.63) is 48.0 Å². The van der Waals surface area contributed by atoms with Gasteiger partial charge in [-0.15, -0.1) is 0 Å². The molecule has 4 heteroatoms. The minimum atomic E-state index is -0.381. The number of hydrogen-bond donors (Lipinski definition) is 1. The first-order chi connectivity index (χ1) is 11.1. The predicted molar refractivity (Wildman–Crippen MR) is 89.9 cm³/mol. The largest absolute Gasteiger partial charge is 0.453 e. The van der Waals surface area contributed by atoms with E-state index in [9.17, 15) is 9.59 Å². The monoisotopic (exact) mass is 318 g/mol. The third-order valence-corrected chi connectivity index (χ3v) is 3.42. The molecule has 1 atom stereocenters. The van der Waals surface area contributed by atoms with E-state index >= 15 is 0 Å². The number of benzene rings is 1. The standard InChI is InChI=1S/C19H26O4/c1-16(21)23-19(17-10-4-2-5-11-17)14-7-3-6-12-18(22)13-8-9-15-20/h2,4-5,7,10-11,14,19-20H,3,6,8-9,12-13,15H2,1H3/b14-7+. The smallest absolute Gasteiger partial charge is 0.303 e. The molecule has 1 rings (SSSR count). The summed E-state index contributed by atoms with van der Waals surface area (Å²) in [6.45, 7) is 1.54. The van der Waals surface area contributed by atoms with E-state index in [1.807, 2.05) is 42.5 Å². The van der Waals surface area contributed by atoms with Gasteiger partial charge in [0.15, 0.2) is 0 Å². The summed E-state index contributed by atoms with van der Waals surface area (Å²) in [5.74, 6) is -0.0750. The van der Waals surface area contributed by atoms with E-state index in [2.05, 4.69) is 0 Å². The molecule has 0 spiro atoms. The number of rotatable bonds is 11. The van der Waals surface area contributed by atoms with Gasteiger partial charge in [-0.1, -0.05) is 36.4 Å². The fourth-order valence-corrected chi connectivity index (χ4v) is 2.24. The fraction of sp³-hybridized carbons (Fsp3) is 0.474. The van der Waals surface area contributed by atoms with E-state index in [4.69, 9.17) is 9.84 Å². The summed E-state index contributed by atoms with van der Waals surface area (Å²) in [5, 5.41) is 8.68. The van der Waals surface area contributed by atoms with Gasteiger partial charge < -0.3 is 9.84 Å². The number of aliphatic hydroxyl groups excluding tert-OH is 1. The van der Waals surface area contributed by atoms with Gasteiger partial charge in [0.1, 0.15) is 11.9 Å². The molecule has 4 nitrogen and oxygen atoms in total. The van der Waals surface area contributed by atoms with Gasteiger partial charge in [0, 0.05) is 26.4 Å². The van der Waals surface area contributed by atoms with Crippen molar-refractivity contribution in [2.24, 2.45) is 0 Å². The number of hydrogen-bond acceptors (Lipinski definition) is 4. The van der Waals surface area contributed by atoms with Crippen LogP contribution in [0, 0.1) is 0 Å². The molecule has 0 aliphatic heterocycles. The molecule has 0 saturated heterocycles. The number of carbonyl (C=O) groups is 2. The highest BCUT2D eigenvalue weighted by Crippen LogP contribution is 2.19. The van der Waals surface area contributed by atoms with E-state index in [0.717, 1.165) is 24.8 Å². The Labute approximate surface area is 138 Å². The second-order valence-corrected chi connectivity index (χ2v) is 5.48. The second kappa shape index (κ2) is 11.6. The Morgan fingerprint density at radius 3 is 2.48 bits per heavy atom. The van der Waals surface area contributed by atoms with Crippen molar-refractivity contribution in [3.8, 4) is 0 Å². The van der Waals surface area contributed by atoms with Crippen LogP contribution in [-0.4, -0.2) is 23.5 Å². The first-order valence-corrected chi connectivity index (χ1v) is 8.15. The molecule has 0 aliphatic rings. The zero-order valence-corrected chi connectivity index (χ0v) is 13.7. The quantitative estimate of drug-likeness (QED) is 0.383.